The minimum absolute atomic E-state index is 1.81. The Morgan fingerprint density at radius 2 is 2.00 bits per heavy atom. The molecule has 0 aromatic rings. The van der Waals surface area contributed by atoms with E-state index in [9.17, 15) is 13.2 Å². The van der Waals surface area contributed by atoms with Crippen LogP contribution in [0, 0.1) is 0 Å². The van der Waals surface area contributed by atoms with Gasteiger partial charge >= 0.3 is 6.36 Å². The van der Waals surface area contributed by atoms with Gasteiger partial charge in [0.15, 0.2) is 0 Å². The zero-order valence-corrected chi connectivity index (χ0v) is 4.29. The standard InChI is InChI=1S/CH2F3NO2S/c2-1(3,4)6-8-5-7-8/h5,8H. The topological polar surface area (TPSA) is 43.7 Å². The smallest absolute Gasteiger partial charge is 0.169 e. The van der Waals surface area contributed by atoms with Gasteiger partial charge in [0.25, 0.3) is 0 Å². The summed E-state index contributed by atoms with van der Waals surface area (Å²) in [6, 6.07) is 0. The van der Waals surface area contributed by atoms with E-state index >= 15 is 0 Å². The molecular formula is CH2F3NO2S. The van der Waals surface area contributed by atoms with Crippen molar-refractivity contribution < 1.29 is 21.6 Å². The fourth-order valence-corrected chi connectivity index (χ4v) is 0.544. The highest BCUT2D eigenvalue weighted by Gasteiger charge is 2.36. The third-order valence-electron chi connectivity index (χ3n) is 0.352. The second-order valence-corrected chi connectivity index (χ2v) is 2.04. The lowest BCUT2D eigenvalue weighted by atomic mass is 11.4. The molecule has 7 heteroatoms. The number of rotatable bonds is 1. The van der Waals surface area contributed by atoms with Crippen LogP contribution in [0.25, 0.3) is 0 Å². The third-order valence-corrected chi connectivity index (χ3v) is 1.06. The van der Waals surface area contributed by atoms with Crippen LogP contribution >= 0.6 is 11.6 Å². The van der Waals surface area contributed by atoms with E-state index in [0.717, 1.165) is 0 Å². The molecule has 0 radical (unpaired) electrons. The normalized spacial score (nSPS) is 32.6. The number of halogens is 3. The Balaban J connectivity index is 2.16. The molecule has 3 nitrogen and oxygen atoms in total. The molecule has 0 aromatic carbocycles. The van der Waals surface area contributed by atoms with Crippen LogP contribution in [0.5, 0.6) is 0 Å². The van der Waals surface area contributed by atoms with Gasteiger partial charge in [0, 0.05) is 0 Å². The third kappa shape index (κ3) is 2.36. The van der Waals surface area contributed by atoms with Gasteiger partial charge < -0.3 is 0 Å². The molecule has 0 bridgehead atoms. The molecule has 1 rings (SSSR count). The van der Waals surface area contributed by atoms with E-state index in [4.69, 9.17) is 0 Å². The van der Waals surface area contributed by atoms with Crippen LogP contribution in [0.4, 0.5) is 13.2 Å². The predicted octanol–water partition coefficient (Wildman–Crippen LogP) is 0.804. The summed E-state index contributed by atoms with van der Waals surface area (Å²) >= 11 is -1.81. The maximum Gasteiger partial charge on any atom is 0.542 e. The summed E-state index contributed by atoms with van der Waals surface area (Å²) in [5, 5.41) is 0. The molecule has 0 amide bonds. The Labute approximate surface area is 45.6 Å². The summed E-state index contributed by atoms with van der Waals surface area (Å²) in [5.74, 6) is 0. The van der Waals surface area contributed by atoms with Crippen LogP contribution in [0.1, 0.15) is 0 Å². The van der Waals surface area contributed by atoms with Crippen LogP contribution in [-0.4, -0.2) is 6.36 Å². The Kier molecular flexibility index (Phi) is 1.35. The molecule has 0 aliphatic carbocycles. The van der Waals surface area contributed by atoms with Gasteiger partial charge in [0.1, 0.15) is 0 Å². The first kappa shape index (κ1) is 6.14. The highest BCUT2D eigenvalue weighted by Crippen LogP contribution is 2.41. The van der Waals surface area contributed by atoms with E-state index < -0.39 is 18.0 Å². The lowest BCUT2D eigenvalue weighted by Gasteiger charge is -2.02. The Morgan fingerprint density at radius 3 is 2.12 bits per heavy atom. The van der Waals surface area contributed by atoms with Crippen LogP contribution in [-0.2, 0) is 8.47 Å². The summed E-state index contributed by atoms with van der Waals surface area (Å²) in [7, 11) is 0. The second kappa shape index (κ2) is 1.76. The zero-order chi connectivity index (χ0) is 6.20. The number of thiol groups is 1. The zero-order valence-electron chi connectivity index (χ0n) is 3.40. The van der Waals surface area contributed by atoms with E-state index in [2.05, 4.69) is 8.47 Å². The molecule has 0 saturated carbocycles. The van der Waals surface area contributed by atoms with Gasteiger partial charge in [0.05, 0.1) is 0 Å². The summed E-state index contributed by atoms with van der Waals surface area (Å²) in [6.45, 7) is 0. The lowest BCUT2D eigenvalue weighted by molar-refractivity contribution is -0.268. The van der Waals surface area contributed by atoms with E-state index in [-0.39, 0.29) is 0 Å². The number of nitrogens with one attached hydrogen (secondary N) is 1. The van der Waals surface area contributed by atoms with Gasteiger partial charge in [-0.1, -0.05) is 16.5 Å². The fourth-order valence-electron chi connectivity index (χ4n) is 0.148. The molecule has 1 saturated heterocycles. The average Bonchev–Trinajstić information content (AvgIpc) is 2.12. The Hall–Kier alpha value is 0.0200. The molecule has 1 unspecified atom stereocenters. The van der Waals surface area contributed by atoms with Gasteiger partial charge in [-0.05, 0) is 0 Å². The maximum atomic E-state index is 11.0. The van der Waals surface area contributed by atoms with Crippen LogP contribution in [0.3, 0.4) is 0 Å². The SMILES string of the molecule is FC(F)(F)O[SH]1NO1. The Bertz CT molecular complexity index is 89.8. The van der Waals surface area contributed by atoms with E-state index in [1.54, 1.807) is 0 Å². The van der Waals surface area contributed by atoms with Crippen LogP contribution in [0.2, 0.25) is 0 Å². The maximum absolute atomic E-state index is 11.0. The predicted molar refractivity (Wildman–Crippen MR) is 20.3 cm³/mol. The van der Waals surface area contributed by atoms with E-state index in [1.807, 2.05) is 4.89 Å². The van der Waals surface area contributed by atoms with Crippen LogP contribution < -0.4 is 4.89 Å². The molecule has 1 fully saturated rings. The molecule has 50 valence electrons. The highest BCUT2D eigenvalue weighted by molar-refractivity contribution is 8.11. The van der Waals surface area contributed by atoms with E-state index in [1.165, 1.54) is 0 Å². The van der Waals surface area contributed by atoms with Crippen molar-refractivity contribution in [2.45, 2.75) is 6.36 Å². The van der Waals surface area contributed by atoms with Crippen molar-refractivity contribution in [2.75, 3.05) is 0 Å². The van der Waals surface area contributed by atoms with Crippen molar-refractivity contribution in [1.82, 2.24) is 4.89 Å². The van der Waals surface area contributed by atoms with Crippen molar-refractivity contribution in [3.63, 3.8) is 0 Å². The summed E-state index contributed by atoms with van der Waals surface area (Å²) in [5.41, 5.74) is 0. The quantitative estimate of drug-likeness (QED) is 0.428. The molecule has 0 aromatic heterocycles. The molecule has 1 N–H and O–H groups in total. The molecular weight excluding hydrogens is 147 g/mol. The first-order valence-corrected chi connectivity index (χ1v) is 2.74. The summed E-state index contributed by atoms with van der Waals surface area (Å²) < 4.78 is 40.3. The van der Waals surface area contributed by atoms with Crippen molar-refractivity contribution in [3.8, 4) is 0 Å². The molecule has 0 spiro atoms. The van der Waals surface area contributed by atoms with Gasteiger partial charge in [0.2, 0.25) is 0 Å². The largest absolute Gasteiger partial charge is 0.542 e. The van der Waals surface area contributed by atoms with Crippen molar-refractivity contribution in [2.24, 2.45) is 0 Å². The van der Waals surface area contributed by atoms with Gasteiger partial charge in [-0.15, -0.1) is 13.2 Å². The van der Waals surface area contributed by atoms with Crippen molar-refractivity contribution in [3.05, 3.63) is 0 Å². The molecule has 1 aliphatic rings. The van der Waals surface area contributed by atoms with Crippen molar-refractivity contribution >= 4 is 11.6 Å². The minimum Gasteiger partial charge on any atom is -0.169 e. The highest BCUT2D eigenvalue weighted by atomic mass is 32.3. The van der Waals surface area contributed by atoms with Crippen molar-refractivity contribution in [1.29, 1.82) is 0 Å². The average molecular weight is 149 g/mol. The number of alkyl halides is 3. The molecule has 1 heterocycles. The van der Waals surface area contributed by atoms with Gasteiger partial charge in [-0.2, -0.15) is 8.47 Å². The minimum atomic E-state index is -4.57. The first-order chi connectivity index (χ1) is 3.58. The number of hydrogen-bond donors (Lipinski definition) is 2. The second-order valence-electron chi connectivity index (χ2n) is 0.977. The van der Waals surface area contributed by atoms with E-state index in [0.29, 0.717) is 0 Å². The molecule has 8 heavy (non-hydrogen) atoms. The fraction of sp³-hybridized carbons (Fsp3) is 1.00. The monoisotopic (exact) mass is 149 g/mol. The number of hydrogen-bond acceptors (Lipinski definition) is 3. The molecule has 1 atom stereocenters. The van der Waals surface area contributed by atoms with Gasteiger partial charge in [-0.25, -0.2) is 0 Å². The summed E-state index contributed by atoms with van der Waals surface area (Å²) in [6.07, 6.45) is -4.57. The first-order valence-electron chi connectivity index (χ1n) is 1.56. The Morgan fingerprint density at radius 1 is 1.50 bits per heavy atom. The lowest BCUT2D eigenvalue weighted by Crippen LogP contribution is -2.08. The van der Waals surface area contributed by atoms with Gasteiger partial charge in [-0.3, -0.25) is 0 Å². The van der Waals surface area contributed by atoms with Crippen LogP contribution in [0.15, 0.2) is 0 Å². The summed E-state index contributed by atoms with van der Waals surface area (Å²) in [4.78, 5) is 1.91. The molecule has 1 aliphatic heterocycles.